The lowest BCUT2D eigenvalue weighted by molar-refractivity contribution is -0.124. The minimum absolute atomic E-state index is 0.0469. The van der Waals surface area contributed by atoms with Crippen LogP contribution in [0.1, 0.15) is 59.8 Å². The molecule has 124 valence electrons. The molecule has 0 radical (unpaired) electrons. The molecule has 2 rings (SSSR count). The Morgan fingerprint density at radius 2 is 1.73 bits per heavy atom. The van der Waals surface area contributed by atoms with Gasteiger partial charge in [0, 0.05) is 5.92 Å². The Bertz CT molecular complexity index is 515. The van der Waals surface area contributed by atoms with Crippen molar-refractivity contribution in [1.29, 1.82) is 0 Å². The van der Waals surface area contributed by atoms with Gasteiger partial charge in [0.2, 0.25) is 5.91 Å². The molecule has 1 amide bonds. The van der Waals surface area contributed by atoms with E-state index in [9.17, 15) is 4.79 Å². The van der Waals surface area contributed by atoms with Crippen molar-refractivity contribution in [1.82, 2.24) is 5.32 Å². The van der Waals surface area contributed by atoms with Gasteiger partial charge in [0.15, 0.2) is 0 Å². The third-order valence-corrected chi connectivity index (χ3v) is 6.39. The normalized spacial score (nSPS) is 27.8. The molecule has 2 atom stereocenters. The van der Waals surface area contributed by atoms with Gasteiger partial charge in [0.05, 0.1) is 16.1 Å². The number of amides is 1. The van der Waals surface area contributed by atoms with Crippen molar-refractivity contribution in [2.75, 3.05) is 0 Å². The first-order valence-electron chi connectivity index (χ1n) is 8.10. The predicted octanol–water partition coefficient (Wildman–Crippen LogP) is 5.36. The maximum absolute atomic E-state index is 12.6. The zero-order valence-electron chi connectivity index (χ0n) is 14.1. The highest BCUT2D eigenvalue weighted by Crippen LogP contribution is 2.52. The zero-order chi connectivity index (χ0) is 16.7. The van der Waals surface area contributed by atoms with Crippen LogP contribution in [0.15, 0.2) is 22.2 Å². The lowest BCUT2D eigenvalue weighted by Gasteiger charge is -2.36. The molecule has 2 fully saturated rings. The fourth-order valence-electron chi connectivity index (χ4n) is 3.77. The van der Waals surface area contributed by atoms with Gasteiger partial charge in [-0.15, -0.1) is 0 Å². The third-order valence-electron chi connectivity index (χ3n) is 5.58. The molecule has 0 aliphatic heterocycles. The van der Waals surface area contributed by atoms with Crippen LogP contribution in [-0.4, -0.2) is 11.9 Å². The monoisotopic (exact) mass is 343 g/mol. The minimum Gasteiger partial charge on any atom is -0.349 e. The molecular formula is C18H27Cl2NO. The molecule has 0 aromatic rings. The van der Waals surface area contributed by atoms with Crippen molar-refractivity contribution in [2.24, 2.45) is 16.7 Å². The summed E-state index contributed by atoms with van der Waals surface area (Å²) in [7, 11) is 0. The molecule has 2 nitrogen and oxygen atoms in total. The third kappa shape index (κ3) is 3.54. The molecule has 0 spiro atoms. The average molecular weight is 344 g/mol. The van der Waals surface area contributed by atoms with E-state index in [1.807, 2.05) is 6.92 Å². The van der Waals surface area contributed by atoms with Crippen LogP contribution < -0.4 is 5.32 Å². The molecule has 0 bridgehead atoms. The topological polar surface area (TPSA) is 29.1 Å². The molecule has 0 aromatic heterocycles. The molecule has 0 heterocycles. The molecular weight excluding hydrogens is 317 g/mol. The van der Waals surface area contributed by atoms with E-state index in [1.165, 1.54) is 12.8 Å². The SMILES string of the molecule is C=C(Cl)/C(Cl)=C(\C)C(NC(=O)C1CC1(C)C)C1(C)CCCC1. The van der Waals surface area contributed by atoms with Crippen molar-refractivity contribution < 1.29 is 4.79 Å². The highest BCUT2D eigenvalue weighted by Gasteiger charge is 2.52. The van der Waals surface area contributed by atoms with Crippen LogP contribution in [0.2, 0.25) is 0 Å². The lowest BCUT2D eigenvalue weighted by Crippen LogP contribution is -2.47. The van der Waals surface area contributed by atoms with E-state index in [2.05, 4.69) is 32.7 Å². The van der Waals surface area contributed by atoms with Gasteiger partial charge in [-0.3, -0.25) is 4.79 Å². The average Bonchev–Trinajstić information content (AvgIpc) is 2.85. The van der Waals surface area contributed by atoms with Crippen molar-refractivity contribution >= 4 is 29.1 Å². The summed E-state index contributed by atoms with van der Waals surface area (Å²) in [5, 5.41) is 4.09. The molecule has 22 heavy (non-hydrogen) atoms. The van der Waals surface area contributed by atoms with Crippen LogP contribution in [0.3, 0.4) is 0 Å². The maximum atomic E-state index is 12.6. The molecule has 4 heteroatoms. The second-order valence-corrected chi connectivity index (χ2v) is 8.78. The van der Waals surface area contributed by atoms with Gasteiger partial charge >= 0.3 is 0 Å². The summed E-state index contributed by atoms with van der Waals surface area (Å²) < 4.78 is 0. The van der Waals surface area contributed by atoms with Gasteiger partial charge in [-0.05, 0) is 42.6 Å². The van der Waals surface area contributed by atoms with E-state index in [4.69, 9.17) is 23.2 Å². The maximum Gasteiger partial charge on any atom is 0.224 e. The molecule has 1 N–H and O–H groups in total. The Labute approximate surface area is 144 Å². The zero-order valence-corrected chi connectivity index (χ0v) is 15.6. The Balaban J connectivity index is 2.25. The van der Waals surface area contributed by atoms with Crippen molar-refractivity contribution in [3.05, 3.63) is 22.2 Å². The second-order valence-electron chi connectivity index (χ2n) is 7.95. The van der Waals surface area contributed by atoms with Crippen molar-refractivity contribution in [2.45, 2.75) is 65.8 Å². The summed E-state index contributed by atoms with van der Waals surface area (Å²) in [5.74, 6) is 0.262. The highest BCUT2D eigenvalue weighted by molar-refractivity contribution is 6.43. The number of hydrogen-bond acceptors (Lipinski definition) is 1. The lowest BCUT2D eigenvalue weighted by atomic mass is 9.77. The first-order valence-corrected chi connectivity index (χ1v) is 8.85. The van der Waals surface area contributed by atoms with Crippen molar-refractivity contribution in [3.8, 4) is 0 Å². The van der Waals surface area contributed by atoms with E-state index in [0.29, 0.717) is 10.1 Å². The quantitative estimate of drug-likeness (QED) is 0.668. The van der Waals surface area contributed by atoms with Crippen LogP contribution in [0.5, 0.6) is 0 Å². The van der Waals surface area contributed by atoms with Crippen LogP contribution >= 0.6 is 23.2 Å². The Morgan fingerprint density at radius 1 is 1.23 bits per heavy atom. The molecule has 0 aromatic carbocycles. The summed E-state index contributed by atoms with van der Waals surface area (Å²) in [6.45, 7) is 12.2. The van der Waals surface area contributed by atoms with Crippen LogP contribution in [0, 0.1) is 16.7 Å². The number of halogens is 2. The molecule has 2 saturated carbocycles. The highest BCUT2D eigenvalue weighted by atomic mass is 35.5. The summed E-state index contributed by atoms with van der Waals surface area (Å²) >= 11 is 12.3. The van der Waals surface area contributed by atoms with E-state index in [0.717, 1.165) is 24.8 Å². The van der Waals surface area contributed by atoms with Gasteiger partial charge in [-0.25, -0.2) is 0 Å². The number of hydrogen-bond donors (Lipinski definition) is 1. The Hall–Kier alpha value is -0.470. The molecule has 2 unspecified atom stereocenters. The van der Waals surface area contributed by atoms with E-state index >= 15 is 0 Å². The fourth-order valence-corrected chi connectivity index (χ4v) is 4.03. The van der Waals surface area contributed by atoms with Crippen LogP contribution in [0.25, 0.3) is 0 Å². The Morgan fingerprint density at radius 3 is 2.14 bits per heavy atom. The van der Waals surface area contributed by atoms with Crippen LogP contribution in [0.4, 0.5) is 0 Å². The van der Waals surface area contributed by atoms with Gasteiger partial charge in [-0.2, -0.15) is 0 Å². The van der Waals surface area contributed by atoms with Gasteiger partial charge in [0.1, 0.15) is 0 Å². The number of carbonyl (C=O) groups excluding carboxylic acids is 1. The fraction of sp³-hybridized carbons (Fsp3) is 0.722. The largest absolute Gasteiger partial charge is 0.349 e. The Kier molecular flexibility index (Phi) is 5.04. The number of carbonyl (C=O) groups is 1. The van der Waals surface area contributed by atoms with E-state index in [-0.39, 0.29) is 28.7 Å². The van der Waals surface area contributed by atoms with E-state index in [1.54, 1.807) is 0 Å². The molecule has 2 aliphatic rings. The summed E-state index contributed by atoms with van der Waals surface area (Å²) in [6, 6.07) is -0.0677. The summed E-state index contributed by atoms with van der Waals surface area (Å²) in [6.07, 6.45) is 5.56. The smallest absolute Gasteiger partial charge is 0.224 e. The van der Waals surface area contributed by atoms with Gasteiger partial charge < -0.3 is 5.32 Å². The first kappa shape index (κ1) is 17.9. The number of allylic oxidation sites excluding steroid dienone is 2. The molecule has 0 saturated heterocycles. The minimum atomic E-state index is -0.0677. The van der Waals surface area contributed by atoms with Crippen LogP contribution in [-0.2, 0) is 4.79 Å². The predicted molar refractivity (Wildman–Crippen MR) is 93.9 cm³/mol. The second kappa shape index (κ2) is 6.20. The number of rotatable bonds is 5. The van der Waals surface area contributed by atoms with Crippen molar-refractivity contribution in [3.63, 3.8) is 0 Å². The summed E-state index contributed by atoms with van der Waals surface area (Å²) in [4.78, 5) is 12.6. The van der Waals surface area contributed by atoms with E-state index < -0.39 is 0 Å². The standard InChI is InChI=1S/C18H27Cl2NO/c1-11(14(20)12(2)19)15(18(5)8-6-7-9-18)21-16(22)13-10-17(13,3)4/h13,15H,2,6-10H2,1,3-5H3,(H,21,22)/b14-11-. The summed E-state index contributed by atoms with van der Waals surface area (Å²) in [5.41, 5.74) is 1.10. The van der Waals surface area contributed by atoms with Gasteiger partial charge in [0.25, 0.3) is 0 Å². The molecule has 2 aliphatic carbocycles. The first-order chi connectivity index (χ1) is 10.1. The van der Waals surface area contributed by atoms with Gasteiger partial charge in [-0.1, -0.05) is 63.4 Å². The number of nitrogens with one attached hydrogen (secondary N) is 1.